The van der Waals surface area contributed by atoms with Crippen LogP contribution in [0.2, 0.25) is 0 Å². The summed E-state index contributed by atoms with van der Waals surface area (Å²) < 4.78 is 17.5. The first-order valence-electron chi connectivity index (χ1n) is 12.6. The molecule has 0 aliphatic carbocycles. The number of nitrogens with zero attached hydrogens (tertiary/aromatic N) is 3. The first-order valence-corrected chi connectivity index (χ1v) is 13.8. The molecular formula is C29H29N3O4S. The van der Waals surface area contributed by atoms with Crippen LogP contribution >= 0.6 is 11.8 Å². The van der Waals surface area contributed by atoms with E-state index in [0.29, 0.717) is 40.7 Å². The smallest absolute Gasteiger partial charge is 0.284 e. The van der Waals surface area contributed by atoms with Gasteiger partial charge in [0, 0.05) is 12.6 Å². The SMILES string of the molecule is CSc1nnc(-c2cc3c(OCC(O)CN4CCC(c5ccc6ccccc6c5)CC4)cccc3o2)o1. The van der Waals surface area contributed by atoms with Crippen molar-refractivity contribution in [2.75, 3.05) is 32.5 Å². The summed E-state index contributed by atoms with van der Waals surface area (Å²) in [4.78, 5) is 2.33. The largest absolute Gasteiger partial charge is 0.490 e. The fourth-order valence-corrected chi connectivity index (χ4v) is 5.39. The summed E-state index contributed by atoms with van der Waals surface area (Å²) in [5, 5.41) is 22.6. The molecule has 1 unspecified atom stereocenters. The quantitative estimate of drug-likeness (QED) is 0.253. The van der Waals surface area contributed by atoms with Gasteiger partial charge in [0.1, 0.15) is 24.0 Å². The molecule has 0 spiro atoms. The Morgan fingerprint density at radius 1 is 1.00 bits per heavy atom. The molecule has 0 saturated carbocycles. The van der Waals surface area contributed by atoms with E-state index in [-0.39, 0.29) is 6.61 Å². The van der Waals surface area contributed by atoms with Crippen molar-refractivity contribution in [1.82, 2.24) is 15.1 Å². The highest BCUT2D eigenvalue weighted by molar-refractivity contribution is 7.98. The molecule has 5 aromatic rings. The minimum absolute atomic E-state index is 0.210. The van der Waals surface area contributed by atoms with Crippen molar-refractivity contribution in [2.45, 2.75) is 30.1 Å². The predicted molar refractivity (Wildman–Crippen MR) is 145 cm³/mol. The topological polar surface area (TPSA) is 84.8 Å². The summed E-state index contributed by atoms with van der Waals surface area (Å²) in [6, 6.07) is 22.8. The highest BCUT2D eigenvalue weighted by atomic mass is 32.2. The van der Waals surface area contributed by atoms with Gasteiger partial charge in [0.05, 0.1) is 5.39 Å². The first-order chi connectivity index (χ1) is 18.2. The number of benzene rings is 3. The third-order valence-corrected chi connectivity index (χ3v) is 7.56. The number of aromatic nitrogens is 2. The minimum Gasteiger partial charge on any atom is -0.490 e. The van der Waals surface area contributed by atoms with E-state index in [1.54, 1.807) is 0 Å². The predicted octanol–water partition coefficient (Wildman–Crippen LogP) is 5.98. The third kappa shape index (κ3) is 5.23. The zero-order valence-electron chi connectivity index (χ0n) is 20.7. The van der Waals surface area contributed by atoms with Crippen LogP contribution in [-0.2, 0) is 0 Å². The maximum Gasteiger partial charge on any atom is 0.284 e. The van der Waals surface area contributed by atoms with Crippen molar-refractivity contribution in [2.24, 2.45) is 0 Å². The highest BCUT2D eigenvalue weighted by Crippen LogP contribution is 2.34. The molecule has 0 bridgehead atoms. The molecule has 0 amide bonds. The zero-order chi connectivity index (χ0) is 25.2. The lowest BCUT2D eigenvalue weighted by Crippen LogP contribution is -2.40. The summed E-state index contributed by atoms with van der Waals surface area (Å²) in [5.41, 5.74) is 2.08. The van der Waals surface area contributed by atoms with E-state index in [9.17, 15) is 5.11 Å². The van der Waals surface area contributed by atoms with Crippen LogP contribution in [-0.4, -0.2) is 58.8 Å². The van der Waals surface area contributed by atoms with Gasteiger partial charge in [-0.15, -0.1) is 10.2 Å². The van der Waals surface area contributed by atoms with Crippen LogP contribution in [0.25, 0.3) is 33.4 Å². The Hall–Kier alpha value is -3.33. The number of aliphatic hydroxyl groups is 1. The monoisotopic (exact) mass is 515 g/mol. The molecule has 7 nitrogen and oxygen atoms in total. The Kier molecular flexibility index (Phi) is 6.87. The van der Waals surface area contributed by atoms with Crippen molar-refractivity contribution in [3.05, 3.63) is 72.3 Å². The second-order valence-corrected chi connectivity index (χ2v) is 10.3. The normalized spacial score (nSPS) is 15.9. The number of ether oxygens (including phenoxy) is 1. The molecule has 1 saturated heterocycles. The van der Waals surface area contributed by atoms with Crippen molar-refractivity contribution in [3.63, 3.8) is 0 Å². The van der Waals surface area contributed by atoms with E-state index in [4.69, 9.17) is 13.6 Å². The lowest BCUT2D eigenvalue weighted by molar-refractivity contribution is 0.0599. The molecule has 190 valence electrons. The van der Waals surface area contributed by atoms with Gasteiger partial charge in [0.15, 0.2) is 5.76 Å². The van der Waals surface area contributed by atoms with Crippen molar-refractivity contribution in [1.29, 1.82) is 0 Å². The van der Waals surface area contributed by atoms with E-state index in [2.05, 4.69) is 57.6 Å². The van der Waals surface area contributed by atoms with Crippen LogP contribution in [0.5, 0.6) is 5.75 Å². The molecule has 8 heteroatoms. The van der Waals surface area contributed by atoms with Gasteiger partial charge in [-0.3, -0.25) is 0 Å². The van der Waals surface area contributed by atoms with E-state index in [0.717, 1.165) is 31.3 Å². The van der Waals surface area contributed by atoms with Crippen LogP contribution in [0.1, 0.15) is 24.3 Å². The highest BCUT2D eigenvalue weighted by Gasteiger charge is 2.23. The van der Waals surface area contributed by atoms with E-state index >= 15 is 0 Å². The van der Waals surface area contributed by atoms with Crippen molar-refractivity contribution < 1.29 is 18.7 Å². The second-order valence-electron chi connectivity index (χ2n) is 9.50. The lowest BCUT2D eigenvalue weighted by Gasteiger charge is -2.33. The number of piperidine rings is 1. The number of rotatable bonds is 8. The first kappa shape index (κ1) is 24.0. The number of hydrogen-bond acceptors (Lipinski definition) is 8. The fourth-order valence-electron chi connectivity index (χ4n) is 5.10. The number of likely N-dealkylation sites (tertiary alicyclic amines) is 1. The average molecular weight is 516 g/mol. The number of aliphatic hydroxyl groups excluding tert-OH is 1. The fraction of sp³-hybridized carbons (Fsp3) is 0.310. The van der Waals surface area contributed by atoms with Gasteiger partial charge >= 0.3 is 0 Å². The molecule has 3 aromatic carbocycles. The zero-order valence-corrected chi connectivity index (χ0v) is 21.5. The second kappa shape index (κ2) is 10.6. The Bertz CT molecular complexity index is 1510. The van der Waals surface area contributed by atoms with Crippen molar-refractivity contribution >= 4 is 33.5 Å². The third-order valence-electron chi connectivity index (χ3n) is 7.05. The molecule has 1 aliphatic rings. The van der Waals surface area contributed by atoms with Gasteiger partial charge in [-0.25, -0.2) is 0 Å². The molecule has 3 heterocycles. The maximum absolute atomic E-state index is 10.7. The lowest BCUT2D eigenvalue weighted by atomic mass is 9.88. The van der Waals surface area contributed by atoms with Crippen LogP contribution in [0.15, 0.2) is 80.8 Å². The Labute approximate surface area is 219 Å². The molecule has 1 N–H and O–H groups in total. The van der Waals surface area contributed by atoms with Crippen LogP contribution < -0.4 is 4.74 Å². The number of fused-ring (bicyclic) bond motifs is 2. The summed E-state index contributed by atoms with van der Waals surface area (Å²) in [7, 11) is 0. The Morgan fingerprint density at radius 3 is 2.65 bits per heavy atom. The minimum atomic E-state index is -0.584. The Balaban J connectivity index is 1.04. The summed E-state index contributed by atoms with van der Waals surface area (Å²) in [6.07, 6.45) is 3.48. The van der Waals surface area contributed by atoms with Gasteiger partial charge in [0.25, 0.3) is 11.1 Å². The Morgan fingerprint density at radius 2 is 1.84 bits per heavy atom. The van der Waals surface area contributed by atoms with Gasteiger partial charge in [0.2, 0.25) is 0 Å². The summed E-state index contributed by atoms with van der Waals surface area (Å²) >= 11 is 1.38. The maximum atomic E-state index is 10.7. The standard InChI is InChI=1S/C29H29N3O4S/c1-37-29-31-30-28(36-29)27-16-24-25(7-4-8-26(24)35-27)34-18-23(33)17-32-13-11-20(12-14-32)22-10-9-19-5-2-3-6-21(19)15-22/h2-10,15-16,20,23,33H,11-14,17-18H2,1H3. The number of hydrogen-bond donors (Lipinski definition) is 1. The molecule has 37 heavy (non-hydrogen) atoms. The molecule has 0 radical (unpaired) electrons. The number of thioether (sulfide) groups is 1. The molecule has 6 rings (SSSR count). The van der Waals surface area contributed by atoms with Gasteiger partial charge in [-0.1, -0.05) is 60.3 Å². The number of furan rings is 1. The van der Waals surface area contributed by atoms with Gasteiger partial charge in [-0.2, -0.15) is 0 Å². The van der Waals surface area contributed by atoms with Crippen molar-refractivity contribution in [3.8, 4) is 17.4 Å². The summed E-state index contributed by atoms with van der Waals surface area (Å²) in [6.45, 7) is 2.74. The number of β-amino-alcohol motifs (C(OH)–C–C–N with tert-alkyl or cyclic N) is 1. The van der Waals surface area contributed by atoms with Gasteiger partial charge < -0.3 is 23.6 Å². The van der Waals surface area contributed by atoms with E-state index < -0.39 is 6.10 Å². The molecule has 1 atom stereocenters. The molecule has 1 fully saturated rings. The van der Waals surface area contributed by atoms with Crippen LogP contribution in [0, 0.1) is 0 Å². The molecule has 1 aliphatic heterocycles. The average Bonchev–Trinajstić information content (AvgIpc) is 3.59. The van der Waals surface area contributed by atoms with Gasteiger partial charge in [-0.05, 0) is 66.6 Å². The molecular weight excluding hydrogens is 486 g/mol. The van der Waals surface area contributed by atoms with Crippen LogP contribution in [0.3, 0.4) is 0 Å². The summed E-state index contributed by atoms with van der Waals surface area (Å²) in [5.74, 6) is 2.05. The van der Waals surface area contributed by atoms with E-state index in [1.807, 2.05) is 30.5 Å². The van der Waals surface area contributed by atoms with E-state index in [1.165, 1.54) is 28.1 Å². The van der Waals surface area contributed by atoms with Crippen LogP contribution in [0.4, 0.5) is 0 Å². The molecule has 2 aromatic heterocycles.